The van der Waals surface area contributed by atoms with E-state index in [-0.39, 0.29) is 0 Å². The molecular weight excluding hydrogens is 194 g/mol. The van der Waals surface area contributed by atoms with Crippen LogP contribution in [0.2, 0.25) is 0 Å². The topological polar surface area (TPSA) is 3.24 Å². The van der Waals surface area contributed by atoms with Crippen molar-refractivity contribution in [2.45, 2.75) is 40.2 Å². The van der Waals surface area contributed by atoms with Gasteiger partial charge in [0.05, 0.1) is 0 Å². The summed E-state index contributed by atoms with van der Waals surface area (Å²) in [5.41, 5.74) is 2.64. The molecule has 1 aliphatic rings. The van der Waals surface area contributed by atoms with E-state index in [1.165, 1.54) is 11.3 Å². The molecule has 0 aromatic heterocycles. The van der Waals surface area contributed by atoms with Crippen LogP contribution in [0.15, 0.2) is 47.7 Å². The highest BCUT2D eigenvalue weighted by Crippen LogP contribution is 2.17. The van der Waals surface area contributed by atoms with Crippen LogP contribution in [0.1, 0.15) is 34.1 Å². The van der Waals surface area contributed by atoms with Crippen molar-refractivity contribution in [2.75, 3.05) is 6.54 Å². The van der Waals surface area contributed by atoms with Gasteiger partial charge in [-0.2, -0.15) is 0 Å². The van der Waals surface area contributed by atoms with Crippen LogP contribution < -0.4 is 0 Å². The molecule has 0 bridgehead atoms. The highest BCUT2D eigenvalue weighted by molar-refractivity contribution is 5.37. The molecule has 0 spiro atoms. The Kier molecular flexibility index (Phi) is 5.10. The summed E-state index contributed by atoms with van der Waals surface area (Å²) in [7, 11) is 0. The third-order valence-electron chi connectivity index (χ3n) is 2.78. The van der Waals surface area contributed by atoms with Gasteiger partial charge in [0.15, 0.2) is 0 Å². The Bertz CT molecular complexity index is 329. The summed E-state index contributed by atoms with van der Waals surface area (Å²) in [4.78, 5) is 2.42. The maximum Gasteiger partial charge on any atom is 0.0331 e. The molecular formula is C15H23N. The van der Waals surface area contributed by atoms with Crippen molar-refractivity contribution < 1.29 is 0 Å². The third kappa shape index (κ3) is 3.41. The third-order valence-corrected chi connectivity index (χ3v) is 2.78. The zero-order valence-electron chi connectivity index (χ0n) is 10.9. The molecule has 0 aliphatic heterocycles. The summed E-state index contributed by atoms with van der Waals surface area (Å²) in [6.07, 6.45) is 14.2. The van der Waals surface area contributed by atoms with E-state index in [2.05, 4.69) is 69.1 Å². The molecule has 1 nitrogen and oxygen atoms in total. The van der Waals surface area contributed by atoms with Gasteiger partial charge in [-0.3, -0.25) is 0 Å². The van der Waals surface area contributed by atoms with E-state index in [4.69, 9.17) is 0 Å². The summed E-state index contributed by atoms with van der Waals surface area (Å²) in [6, 6.07) is 0.559. The Labute approximate surface area is 99.8 Å². The largest absolute Gasteiger partial charge is 0.370 e. The molecule has 0 aromatic carbocycles. The van der Waals surface area contributed by atoms with Crippen LogP contribution in [0, 0.1) is 0 Å². The van der Waals surface area contributed by atoms with Crippen molar-refractivity contribution in [2.24, 2.45) is 0 Å². The lowest BCUT2D eigenvalue weighted by molar-refractivity contribution is 0.307. The van der Waals surface area contributed by atoms with E-state index in [0.717, 1.165) is 13.0 Å². The minimum absolute atomic E-state index is 0.559. The minimum Gasteiger partial charge on any atom is -0.370 e. The molecule has 0 unspecified atom stereocenters. The Morgan fingerprint density at radius 3 is 2.62 bits per heavy atom. The van der Waals surface area contributed by atoms with Crippen molar-refractivity contribution in [3.63, 3.8) is 0 Å². The van der Waals surface area contributed by atoms with Gasteiger partial charge >= 0.3 is 0 Å². The second kappa shape index (κ2) is 6.37. The van der Waals surface area contributed by atoms with Gasteiger partial charge in [0.25, 0.3) is 0 Å². The molecule has 1 aliphatic carbocycles. The lowest BCUT2D eigenvalue weighted by Crippen LogP contribution is -2.29. The first-order valence-corrected chi connectivity index (χ1v) is 6.16. The van der Waals surface area contributed by atoms with Crippen LogP contribution in [-0.4, -0.2) is 17.5 Å². The fraction of sp³-hybridized carbons (Fsp3) is 0.467. The van der Waals surface area contributed by atoms with Gasteiger partial charge in [0.2, 0.25) is 0 Å². The first-order valence-electron chi connectivity index (χ1n) is 6.16. The monoisotopic (exact) mass is 217 g/mol. The summed E-state index contributed by atoms with van der Waals surface area (Å²) < 4.78 is 0. The van der Waals surface area contributed by atoms with Crippen molar-refractivity contribution >= 4 is 0 Å². The fourth-order valence-electron chi connectivity index (χ4n) is 2.01. The Hall–Kier alpha value is -1.24. The quantitative estimate of drug-likeness (QED) is 0.686. The lowest BCUT2D eigenvalue weighted by Gasteiger charge is -2.28. The van der Waals surface area contributed by atoms with E-state index in [1.54, 1.807) is 0 Å². The molecule has 0 aromatic rings. The smallest absolute Gasteiger partial charge is 0.0331 e. The fourth-order valence-corrected chi connectivity index (χ4v) is 2.01. The maximum atomic E-state index is 2.42. The zero-order chi connectivity index (χ0) is 12.0. The maximum absolute atomic E-state index is 2.42. The first-order chi connectivity index (χ1) is 7.69. The van der Waals surface area contributed by atoms with Crippen molar-refractivity contribution in [3.8, 4) is 0 Å². The van der Waals surface area contributed by atoms with E-state index >= 15 is 0 Å². The summed E-state index contributed by atoms with van der Waals surface area (Å²) in [5, 5.41) is 0. The van der Waals surface area contributed by atoms with Gasteiger partial charge in [-0.1, -0.05) is 30.4 Å². The highest BCUT2D eigenvalue weighted by atomic mass is 15.1. The van der Waals surface area contributed by atoms with E-state index in [9.17, 15) is 0 Å². The molecule has 0 radical (unpaired) electrons. The molecule has 0 atom stereocenters. The second-order valence-electron chi connectivity index (χ2n) is 4.28. The lowest BCUT2D eigenvalue weighted by atomic mass is 10.2. The number of allylic oxidation sites excluding steroid dienone is 7. The molecule has 0 saturated carbocycles. The Balaban J connectivity index is 2.80. The number of nitrogens with zero attached hydrogens (tertiary/aromatic N) is 1. The van der Waals surface area contributed by atoms with Gasteiger partial charge in [0, 0.05) is 18.3 Å². The van der Waals surface area contributed by atoms with Gasteiger partial charge in [-0.05, 0) is 45.8 Å². The molecule has 0 N–H and O–H groups in total. The number of likely N-dealkylation sites (N-methyl/N-ethyl adjacent to an activating group) is 1. The SMILES string of the molecule is C/C=C/C1=CCC=C(N(CC)C(C)C)C=C1. The molecule has 1 rings (SSSR count). The predicted octanol–water partition coefficient (Wildman–Crippen LogP) is 4.06. The average molecular weight is 217 g/mol. The standard InChI is InChI=1S/C15H23N/c1-5-8-14-9-7-10-15(12-11-14)16(6-2)13(3)4/h5,8-13H,6-7H2,1-4H3/b8-5+. The second-order valence-corrected chi connectivity index (χ2v) is 4.28. The van der Waals surface area contributed by atoms with Crippen LogP contribution >= 0.6 is 0 Å². The van der Waals surface area contributed by atoms with Gasteiger partial charge in [-0.15, -0.1) is 0 Å². The van der Waals surface area contributed by atoms with E-state index in [1.807, 2.05) is 0 Å². The number of hydrogen-bond donors (Lipinski definition) is 0. The molecule has 0 heterocycles. The molecule has 16 heavy (non-hydrogen) atoms. The molecule has 1 heteroatoms. The average Bonchev–Trinajstić information content (AvgIpc) is 2.46. The summed E-state index contributed by atoms with van der Waals surface area (Å²) in [6.45, 7) is 9.81. The molecule has 0 saturated heterocycles. The highest BCUT2D eigenvalue weighted by Gasteiger charge is 2.09. The summed E-state index contributed by atoms with van der Waals surface area (Å²) in [5.74, 6) is 0. The van der Waals surface area contributed by atoms with Crippen molar-refractivity contribution in [1.29, 1.82) is 0 Å². The summed E-state index contributed by atoms with van der Waals surface area (Å²) >= 11 is 0. The Morgan fingerprint density at radius 2 is 2.06 bits per heavy atom. The van der Waals surface area contributed by atoms with Crippen molar-refractivity contribution in [1.82, 2.24) is 4.90 Å². The molecule has 0 amide bonds. The van der Waals surface area contributed by atoms with Crippen LogP contribution in [0.3, 0.4) is 0 Å². The van der Waals surface area contributed by atoms with E-state index < -0.39 is 0 Å². The van der Waals surface area contributed by atoms with Crippen LogP contribution in [0.4, 0.5) is 0 Å². The van der Waals surface area contributed by atoms with Gasteiger partial charge in [0.1, 0.15) is 0 Å². The first kappa shape index (κ1) is 12.8. The number of hydrogen-bond acceptors (Lipinski definition) is 1. The van der Waals surface area contributed by atoms with Crippen LogP contribution in [0.25, 0.3) is 0 Å². The molecule has 88 valence electrons. The molecule has 0 fully saturated rings. The number of rotatable bonds is 4. The zero-order valence-corrected chi connectivity index (χ0v) is 10.9. The minimum atomic E-state index is 0.559. The predicted molar refractivity (Wildman–Crippen MR) is 72.3 cm³/mol. The Morgan fingerprint density at radius 1 is 1.31 bits per heavy atom. The van der Waals surface area contributed by atoms with Crippen LogP contribution in [0.5, 0.6) is 0 Å². The van der Waals surface area contributed by atoms with E-state index in [0.29, 0.717) is 6.04 Å². The van der Waals surface area contributed by atoms with Crippen molar-refractivity contribution in [3.05, 3.63) is 47.7 Å². The van der Waals surface area contributed by atoms with Gasteiger partial charge < -0.3 is 4.90 Å². The van der Waals surface area contributed by atoms with Crippen LogP contribution in [-0.2, 0) is 0 Å². The normalized spacial score (nSPS) is 16.3. The van der Waals surface area contributed by atoms with Gasteiger partial charge in [-0.25, -0.2) is 0 Å².